The summed E-state index contributed by atoms with van der Waals surface area (Å²) in [5, 5.41) is 3.67. The molecule has 3 aromatic carbocycles. The highest BCUT2D eigenvalue weighted by atomic mass is 16.6. The van der Waals surface area contributed by atoms with Crippen LogP contribution in [0.1, 0.15) is 16.7 Å². The quantitative estimate of drug-likeness (QED) is 0.397. The van der Waals surface area contributed by atoms with Crippen LogP contribution in [0.2, 0.25) is 0 Å². The van der Waals surface area contributed by atoms with Gasteiger partial charge in [-0.3, -0.25) is 0 Å². The van der Waals surface area contributed by atoms with Gasteiger partial charge in [-0.2, -0.15) is 0 Å². The molecular weight excluding hydrogens is 404 g/mol. The number of ether oxygens (including phenoxy) is 2. The van der Waals surface area contributed by atoms with Crippen LogP contribution in [0.25, 0.3) is 10.9 Å². The van der Waals surface area contributed by atoms with Gasteiger partial charge in [0, 0.05) is 23.5 Å². The number of nitrogens with one attached hydrogen (secondary N) is 2. The van der Waals surface area contributed by atoms with Crippen LogP contribution in [0.4, 0.5) is 4.79 Å². The first-order chi connectivity index (χ1) is 15.7. The number of aromatic nitrogens is 1. The molecule has 0 aliphatic rings. The molecule has 0 fully saturated rings. The fraction of sp³-hybridized carbons (Fsp3) is 0.154. The van der Waals surface area contributed by atoms with Crippen molar-refractivity contribution in [2.45, 2.75) is 25.7 Å². The lowest BCUT2D eigenvalue weighted by atomic mass is 10.1. The van der Waals surface area contributed by atoms with E-state index in [4.69, 9.17) is 9.47 Å². The smallest absolute Gasteiger partial charge is 0.408 e. The van der Waals surface area contributed by atoms with Crippen LogP contribution in [-0.4, -0.2) is 23.1 Å². The molecule has 6 heteroatoms. The number of aromatic amines is 1. The van der Waals surface area contributed by atoms with Gasteiger partial charge in [0.1, 0.15) is 19.3 Å². The molecule has 1 heterocycles. The van der Waals surface area contributed by atoms with Gasteiger partial charge in [-0.15, -0.1) is 0 Å². The molecule has 1 aromatic heterocycles. The Hall–Kier alpha value is -4.06. The minimum absolute atomic E-state index is 0.117. The zero-order valence-electron chi connectivity index (χ0n) is 17.5. The van der Waals surface area contributed by atoms with Gasteiger partial charge >= 0.3 is 12.1 Å². The number of H-pyrrole nitrogens is 1. The van der Waals surface area contributed by atoms with Crippen molar-refractivity contribution < 1.29 is 19.1 Å². The lowest BCUT2D eigenvalue weighted by molar-refractivity contribution is -0.147. The fourth-order valence-electron chi connectivity index (χ4n) is 3.45. The van der Waals surface area contributed by atoms with E-state index in [1.54, 1.807) is 0 Å². The summed E-state index contributed by atoms with van der Waals surface area (Å²) < 4.78 is 10.8. The van der Waals surface area contributed by atoms with E-state index in [0.29, 0.717) is 0 Å². The number of rotatable bonds is 8. The molecule has 1 unspecified atom stereocenters. The molecule has 4 aromatic rings. The Morgan fingerprint density at radius 1 is 0.781 bits per heavy atom. The topological polar surface area (TPSA) is 80.4 Å². The summed E-state index contributed by atoms with van der Waals surface area (Å²) in [4.78, 5) is 28.5. The van der Waals surface area contributed by atoms with Crippen LogP contribution >= 0.6 is 0 Å². The number of carbonyl (C=O) groups is 2. The van der Waals surface area contributed by atoms with Crippen molar-refractivity contribution in [2.75, 3.05) is 0 Å². The van der Waals surface area contributed by atoms with Crippen LogP contribution in [0.15, 0.2) is 91.1 Å². The highest BCUT2D eigenvalue weighted by Crippen LogP contribution is 2.19. The van der Waals surface area contributed by atoms with Crippen LogP contribution in [0, 0.1) is 0 Å². The maximum absolute atomic E-state index is 12.9. The summed E-state index contributed by atoms with van der Waals surface area (Å²) in [6.07, 6.45) is 1.45. The van der Waals surface area contributed by atoms with Gasteiger partial charge in [0.2, 0.25) is 0 Å². The first kappa shape index (κ1) is 21.2. The van der Waals surface area contributed by atoms with E-state index in [2.05, 4.69) is 10.3 Å². The summed E-state index contributed by atoms with van der Waals surface area (Å²) in [6.45, 7) is 0.246. The monoisotopic (exact) mass is 428 g/mol. The van der Waals surface area contributed by atoms with Crippen molar-refractivity contribution in [2.24, 2.45) is 0 Å². The molecule has 0 radical (unpaired) electrons. The SMILES string of the molecule is O=C(NC(Cc1c[nH]c2ccccc12)C(=O)OCc1ccccc1)OCc1ccccc1. The zero-order valence-corrected chi connectivity index (χ0v) is 17.5. The minimum atomic E-state index is -0.888. The van der Waals surface area contributed by atoms with Crippen molar-refractivity contribution in [3.05, 3.63) is 108 Å². The number of amides is 1. The summed E-state index contributed by atoms with van der Waals surface area (Å²) in [5.74, 6) is -0.518. The molecular formula is C26H24N2O4. The lowest BCUT2D eigenvalue weighted by Gasteiger charge is -2.17. The number of hydrogen-bond donors (Lipinski definition) is 2. The maximum atomic E-state index is 12.9. The van der Waals surface area contributed by atoms with Gasteiger partial charge in [-0.1, -0.05) is 78.9 Å². The first-order valence-corrected chi connectivity index (χ1v) is 10.4. The number of para-hydroxylation sites is 1. The summed E-state index contributed by atoms with van der Waals surface area (Å²) in [6, 6.07) is 25.7. The second-order valence-corrected chi connectivity index (χ2v) is 7.42. The van der Waals surface area contributed by atoms with Crippen molar-refractivity contribution in [1.29, 1.82) is 0 Å². The third-order valence-corrected chi connectivity index (χ3v) is 5.11. The molecule has 0 aliphatic heterocycles. The molecule has 6 nitrogen and oxygen atoms in total. The first-order valence-electron chi connectivity index (χ1n) is 10.4. The molecule has 1 amide bonds. The van der Waals surface area contributed by atoms with E-state index in [-0.39, 0.29) is 19.6 Å². The summed E-state index contributed by atoms with van der Waals surface area (Å²) in [5.41, 5.74) is 3.61. The van der Waals surface area contributed by atoms with Crippen molar-refractivity contribution >= 4 is 23.0 Å². The van der Waals surface area contributed by atoms with Gasteiger partial charge in [-0.05, 0) is 22.8 Å². The molecule has 0 bridgehead atoms. The van der Waals surface area contributed by atoms with E-state index in [0.717, 1.165) is 27.6 Å². The Bertz CT molecular complexity index is 1170. The van der Waals surface area contributed by atoms with Crippen LogP contribution in [-0.2, 0) is 33.9 Å². The largest absolute Gasteiger partial charge is 0.459 e. The predicted octanol–water partition coefficient (Wildman–Crippen LogP) is 4.75. The normalized spacial score (nSPS) is 11.6. The average molecular weight is 428 g/mol. The molecule has 32 heavy (non-hydrogen) atoms. The Morgan fingerprint density at radius 2 is 1.38 bits per heavy atom. The van der Waals surface area contributed by atoms with Gasteiger partial charge < -0.3 is 19.8 Å². The van der Waals surface area contributed by atoms with E-state index in [1.165, 1.54) is 0 Å². The summed E-state index contributed by atoms with van der Waals surface area (Å²) in [7, 11) is 0. The predicted molar refractivity (Wildman–Crippen MR) is 122 cm³/mol. The molecule has 0 spiro atoms. The number of esters is 1. The van der Waals surface area contributed by atoms with Gasteiger partial charge in [0.15, 0.2) is 0 Å². The van der Waals surface area contributed by atoms with Crippen LogP contribution < -0.4 is 5.32 Å². The van der Waals surface area contributed by atoms with E-state index in [1.807, 2.05) is 91.1 Å². The number of alkyl carbamates (subject to hydrolysis) is 1. The van der Waals surface area contributed by atoms with Crippen LogP contribution in [0.5, 0.6) is 0 Å². The van der Waals surface area contributed by atoms with E-state index < -0.39 is 18.1 Å². The van der Waals surface area contributed by atoms with Crippen LogP contribution in [0.3, 0.4) is 0 Å². The van der Waals surface area contributed by atoms with Gasteiger partial charge in [0.25, 0.3) is 0 Å². The highest BCUT2D eigenvalue weighted by Gasteiger charge is 2.25. The number of fused-ring (bicyclic) bond motifs is 1. The van der Waals surface area contributed by atoms with E-state index >= 15 is 0 Å². The molecule has 0 saturated heterocycles. The Morgan fingerprint density at radius 3 is 2.06 bits per heavy atom. The molecule has 0 saturated carbocycles. The second-order valence-electron chi connectivity index (χ2n) is 7.42. The Kier molecular flexibility index (Phi) is 6.82. The number of hydrogen-bond acceptors (Lipinski definition) is 4. The van der Waals surface area contributed by atoms with E-state index in [9.17, 15) is 9.59 Å². The molecule has 0 aliphatic carbocycles. The van der Waals surface area contributed by atoms with Crippen molar-refractivity contribution in [3.63, 3.8) is 0 Å². The molecule has 1 atom stereocenters. The maximum Gasteiger partial charge on any atom is 0.408 e. The Labute approximate surface area is 186 Å². The molecule has 4 rings (SSSR count). The third-order valence-electron chi connectivity index (χ3n) is 5.11. The summed E-state index contributed by atoms with van der Waals surface area (Å²) >= 11 is 0. The lowest BCUT2D eigenvalue weighted by Crippen LogP contribution is -2.43. The van der Waals surface area contributed by atoms with Crippen molar-refractivity contribution in [1.82, 2.24) is 10.3 Å². The zero-order chi connectivity index (χ0) is 22.2. The average Bonchev–Trinajstić information content (AvgIpc) is 3.25. The molecule has 2 N–H and O–H groups in total. The Balaban J connectivity index is 1.45. The standard InChI is InChI=1S/C26H24N2O4/c29-25(31-17-19-9-3-1-4-10-19)24(15-21-16-27-23-14-8-7-13-22(21)23)28-26(30)32-18-20-11-5-2-6-12-20/h1-14,16,24,27H,15,17-18H2,(H,28,30). The second kappa shape index (κ2) is 10.3. The van der Waals surface area contributed by atoms with Crippen molar-refractivity contribution in [3.8, 4) is 0 Å². The number of carbonyl (C=O) groups excluding carboxylic acids is 2. The molecule has 162 valence electrons. The number of benzene rings is 3. The van der Waals surface area contributed by atoms with Gasteiger partial charge in [-0.25, -0.2) is 9.59 Å². The fourth-order valence-corrected chi connectivity index (χ4v) is 3.45. The highest BCUT2D eigenvalue weighted by molar-refractivity contribution is 5.86. The third kappa shape index (κ3) is 5.55. The minimum Gasteiger partial charge on any atom is -0.459 e. The van der Waals surface area contributed by atoms with Gasteiger partial charge in [0.05, 0.1) is 0 Å².